The molecule has 104 valence electrons. The van der Waals surface area contributed by atoms with Crippen LogP contribution in [0.2, 0.25) is 0 Å². The molecule has 0 aliphatic carbocycles. The number of carbonyl (C=O) groups excluding carboxylic acids is 1. The predicted octanol–water partition coefficient (Wildman–Crippen LogP) is -0.883. The van der Waals surface area contributed by atoms with Crippen LogP contribution in [-0.2, 0) is 16.6 Å². The number of carboxylic acid groups (broad SMARTS) is 1. The van der Waals surface area contributed by atoms with Crippen molar-refractivity contribution in [3.63, 3.8) is 0 Å². The summed E-state index contributed by atoms with van der Waals surface area (Å²) >= 11 is 0. The summed E-state index contributed by atoms with van der Waals surface area (Å²) in [6.45, 7) is 2.62. The lowest BCUT2D eigenvalue weighted by Crippen LogP contribution is -2.47. The lowest BCUT2D eigenvalue weighted by atomic mass is 10.2. The molecule has 1 saturated heterocycles. The van der Waals surface area contributed by atoms with E-state index in [1.54, 1.807) is 23.6 Å². The van der Waals surface area contributed by atoms with Crippen molar-refractivity contribution >= 4 is 17.7 Å². The van der Waals surface area contributed by atoms with E-state index < -0.39 is 18.0 Å². The summed E-state index contributed by atoms with van der Waals surface area (Å²) in [4.78, 5) is 24.2. The van der Waals surface area contributed by atoms with Gasteiger partial charge in [0.15, 0.2) is 6.10 Å². The Morgan fingerprint density at radius 3 is 2.79 bits per heavy atom. The molecule has 0 saturated carbocycles. The number of primary amides is 1. The maximum absolute atomic E-state index is 11.5. The summed E-state index contributed by atoms with van der Waals surface area (Å²) in [5.41, 5.74) is 6.22. The van der Waals surface area contributed by atoms with Crippen molar-refractivity contribution in [1.82, 2.24) is 9.78 Å². The van der Waals surface area contributed by atoms with Gasteiger partial charge in [0.05, 0.1) is 18.8 Å². The number of aryl methyl sites for hydroxylation is 2. The molecule has 1 amide bonds. The number of ether oxygens (including phenoxy) is 1. The average molecular weight is 268 g/mol. The van der Waals surface area contributed by atoms with Gasteiger partial charge in [-0.3, -0.25) is 9.48 Å². The minimum Gasteiger partial charge on any atom is -0.479 e. The van der Waals surface area contributed by atoms with E-state index in [9.17, 15) is 9.59 Å². The normalized spacial score (nSPS) is 19.5. The highest BCUT2D eigenvalue weighted by molar-refractivity contribution is 5.99. The fourth-order valence-electron chi connectivity index (χ4n) is 2.29. The second kappa shape index (κ2) is 4.88. The molecular formula is C11H16N4O4. The van der Waals surface area contributed by atoms with Crippen molar-refractivity contribution in [2.75, 3.05) is 24.6 Å². The van der Waals surface area contributed by atoms with E-state index in [4.69, 9.17) is 15.6 Å². The van der Waals surface area contributed by atoms with Crippen LogP contribution in [0, 0.1) is 6.92 Å². The molecule has 0 spiro atoms. The number of amides is 1. The van der Waals surface area contributed by atoms with E-state index in [0.29, 0.717) is 23.6 Å². The van der Waals surface area contributed by atoms with Gasteiger partial charge >= 0.3 is 5.97 Å². The number of anilines is 1. The van der Waals surface area contributed by atoms with Gasteiger partial charge in [-0.2, -0.15) is 5.10 Å². The third-order valence-electron chi connectivity index (χ3n) is 3.08. The first kappa shape index (κ1) is 13.3. The van der Waals surface area contributed by atoms with E-state index in [1.807, 2.05) is 0 Å². The van der Waals surface area contributed by atoms with Crippen LogP contribution in [0.15, 0.2) is 0 Å². The van der Waals surface area contributed by atoms with Gasteiger partial charge in [0.1, 0.15) is 11.4 Å². The number of rotatable bonds is 3. The van der Waals surface area contributed by atoms with E-state index in [1.165, 1.54) is 0 Å². The van der Waals surface area contributed by atoms with Crippen molar-refractivity contribution < 1.29 is 19.4 Å². The maximum atomic E-state index is 11.5. The number of carbonyl (C=O) groups is 2. The number of aromatic nitrogens is 2. The molecule has 1 aromatic rings. The summed E-state index contributed by atoms with van der Waals surface area (Å²) in [5.74, 6) is -1.05. The van der Waals surface area contributed by atoms with E-state index in [-0.39, 0.29) is 13.2 Å². The molecule has 1 atom stereocenters. The molecule has 1 unspecified atom stereocenters. The van der Waals surface area contributed by atoms with Gasteiger partial charge in [0.25, 0.3) is 5.91 Å². The highest BCUT2D eigenvalue weighted by Gasteiger charge is 2.31. The van der Waals surface area contributed by atoms with Crippen molar-refractivity contribution in [3.05, 3.63) is 11.3 Å². The van der Waals surface area contributed by atoms with Gasteiger partial charge in [-0.05, 0) is 6.92 Å². The highest BCUT2D eigenvalue weighted by atomic mass is 16.5. The largest absolute Gasteiger partial charge is 0.479 e. The van der Waals surface area contributed by atoms with Crippen LogP contribution < -0.4 is 10.6 Å². The second-order valence-electron chi connectivity index (χ2n) is 4.42. The molecule has 3 N–H and O–H groups in total. The van der Waals surface area contributed by atoms with Gasteiger partial charge in [0, 0.05) is 13.6 Å². The molecule has 8 heteroatoms. The Morgan fingerprint density at radius 1 is 1.53 bits per heavy atom. The SMILES string of the molecule is Cc1nn(C)c(N2CCOC(C(=O)O)C2)c1C(N)=O. The third kappa shape index (κ3) is 2.39. The summed E-state index contributed by atoms with van der Waals surface area (Å²) < 4.78 is 6.69. The van der Waals surface area contributed by atoms with Crippen LogP contribution in [0.5, 0.6) is 0 Å². The molecule has 1 aromatic heterocycles. The smallest absolute Gasteiger partial charge is 0.334 e. The summed E-state index contributed by atoms with van der Waals surface area (Å²) in [7, 11) is 1.69. The summed E-state index contributed by atoms with van der Waals surface area (Å²) in [6.07, 6.45) is -0.912. The third-order valence-corrected chi connectivity index (χ3v) is 3.08. The van der Waals surface area contributed by atoms with Crippen LogP contribution in [0.1, 0.15) is 16.1 Å². The standard InChI is InChI=1S/C11H16N4O4/c1-6-8(9(12)16)10(14(2)13-6)15-3-4-19-7(5-15)11(17)18/h7H,3-5H2,1-2H3,(H2,12,16)(H,17,18). The van der Waals surface area contributed by atoms with Crippen LogP contribution in [-0.4, -0.2) is 52.6 Å². The van der Waals surface area contributed by atoms with Crippen molar-refractivity contribution in [2.45, 2.75) is 13.0 Å². The molecule has 2 heterocycles. The predicted molar refractivity (Wildman–Crippen MR) is 66.1 cm³/mol. The van der Waals surface area contributed by atoms with Crippen LogP contribution >= 0.6 is 0 Å². The Morgan fingerprint density at radius 2 is 2.21 bits per heavy atom. The van der Waals surface area contributed by atoms with Gasteiger partial charge in [-0.1, -0.05) is 0 Å². The van der Waals surface area contributed by atoms with Crippen molar-refractivity contribution in [2.24, 2.45) is 12.8 Å². The Balaban J connectivity index is 2.36. The first-order valence-corrected chi connectivity index (χ1v) is 5.84. The molecule has 8 nitrogen and oxygen atoms in total. The molecule has 1 aliphatic rings. The minimum atomic E-state index is -1.02. The number of carboxylic acids is 1. The Kier molecular flexibility index (Phi) is 3.43. The lowest BCUT2D eigenvalue weighted by Gasteiger charge is -2.32. The Labute approximate surface area is 109 Å². The number of morpholine rings is 1. The first-order chi connectivity index (χ1) is 8.91. The van der Waals surface area contributed by atoms with E-state index in [2.05, 4.69) is 5.10 Å². The zero-order valence-electron chi connectivity index (χ0n) is 10.8. The molecule has 1 aliphatic heterocycles. The molecule has 0 bridgehead atoms. The van der Waals surface area contributed by atoms with Crippen molar-refractivity contribution in [1.29, 1.82) is 0 Å². The van der Waals surface area contributed by atoms with E-state index >= 15 is 0 Å². The molecule has 1 fully saturated rings. The molecule has 0 radical (unpaired) electrons. The molecular weight excluding hydrogens is 252 g/mol. The van der Waals surface area contributed by atoms with Gasteiger partial charge in [-0.25, -0.2) is 4.79 Å². The molecule has 19 heavy (non-hydrogen) atoms. The second-order valence-corrected chi connectivity index (χ2v) is 4.42. The number of hydrogen-bond donors (Lipinski definition) is 2. The fourth-order valence-corrected chi connectivity index (χ4v) is 2.29. The highest BCUT2D eigenvalue weighted by Crippen LogP contribution is 2.24. The Hall–Kier alpha value is -2.09. The lowest BCUT2D eigenvalue weighted by molar-refractivity contribution is -0.150. The Bertz CT molecular complexity index is 525. The summed E-state index contributed by atoms with van der Waals surface area (Å²) in [6, 6.07) is 0. The monoisotopic (exact) mass is 268 g/mol. The number of hydrogen-bond acceptors (Lipinski definition) is 5. The maximum Gasteiger partial charge on any atom is 0.334 e. The minimum absolute atomic E-state index is 0.161. The fraction of sp³-hybridized carbons (Fsp3) is 0.545. The first-order valence-electron chi connectivity index (χ1n) is 5.84. The van der Waals surface area contributed by atoms with Gasteiger partial charge in [-0.15, -0.1) is 0 Å². The topological polar surface area (TPSA) is 111 Å². The van der Waals surface area contributed by atoms with Crippen LogP contribution in [0.3, 0.4) is 0 Å². The average Bonchev–Trinajstić information content (AvgIpc) is 2.64. The quantitative estimate of drug-likeness (QED) is 0.736. The number of aliphatic carboxylic acids is 1. The zero-order valence-corrected chi connectivity index (χ0v) is 10.8. The number of nitrogens with two attached hydrogens (primary N) is 1. The molecule has 0 aromatic carbocycles. The van der Waals surface area contributed by atoms with Gasteiger partial charge < -0.3 is 20.5 Å². The van der Waals surface area contributed by atoms with Crippen LogP contribution in [0.25, 0.3) is 0 Å². The van der Waals surface area contributed by atoms with Crippen molar-refractivity contribution in [3.8, 4) is 0 Å². The molecule has 2 rings (SSSR count). The number of nitrogens with zero attached hydrogens (tertiary/aromatic N) is 3. The van der Waals surface area contributed by atoms with E-state index in [0.717, 1.165) is 0 Å². The summed E-state index contributed by atoms with van der Waals surface area (Å²) in [5, 5.41) is 13.2. The van der Waals surface area contributed by atoms with Crippen LogP contribution in [0.4, 0.5) is 5.82 Å². The zero-order chi connectivity index (χ0) is 14.2. The van der Waals surface area contributed by atoms with Gasteiger partial charge in [0.2, 0.25) is 0 Å².